The minimum Gasteiger partial charge on any atom is -0.292 e. The highest BCUT2D eigenvalue weighted by atomic mass is 35.5. The van der Waals surface area contributed by atoms with Crippen molar-refractivity contribution in [2.75, 3.05) is 6.54 Å². The van der Waals surface area contributed by atoms with Gasteiger partial charge in [0.15, 0.2) is 5.78 Å². The summed E-state index contributed by atoms with van der Waals surface area (Å²) in [7, 11) is 0. The minimum atomic E-state index is -0.701. The summed E-state index contributed by atoms with van der Waals surface area (Å²) in [5.41, 5.74) is 0.229. The Morgan fingerprint density at radius 2 is 1.52 bits per heavy atom. The van der Waals surface area contributed by atoms with Gasteiger partial charge >= 0.3 is 0 Å². The lowest BCUT2D eigenvalue weighted by molar-refractivity contribution is -0.154. The number of halogens is 3. The fraction of sp³-hybridized carbons (Fsp3) is 0.333. The van der Waals surface area contributed by atoms with Gasteiger partial charge in [-0.2, -0.15) is 5.01 Å². The molecule has 6 nitrogen and oxygen atoms in total. The van der Waals surface area contributed by atoms with E-state index in [1.54, 1.807) is 12.1 Å². The Bertz CT molecular complexity index is 1170. The number of carbonyl (C=O) groups excluding carboxylic acids is 4. The SMILES string of the molecule is O=C(CN(C(=O)c1ccccc1Cl)N1C(=O)[C@H]2[C@H]3CC[C@@H](C3)[C@@H]2C1=O)c1ccc(Cl)cc1Cl. The Hall–Kier alpha value is -2.41. The number of hydrazine groups is 1. The van der Waals surface area contributed by atoms with Crippen molar-refractivity contribution in [1.82, 2.24) is 10.0 Å². The second kappa shape index (κ2) is 8.42. The van der Waals surface area contributed by atoms with Crippen LogP contribution in [0.4, 0.5) is 0 Å². The van der Waals surface area contributed by atoms with Crippen LogP contribution in [-0.4, -0.2) is 40.1 Å². The molecular weight excluding hydrogens is 487 g/mol. The Morgan fingerprint density at radius 1 is 0.879 bits per heavy atom. The molecule has 2 saturated carbocycles. The molecule has 0 aromatic heterocycles. The molecule has 1 heterocycles. The zero-order valence-corrected chi connectivity index (χ0v) is 19.6. The lowest BCUT2D eigenvalue weighted by atomic mass is 9.81. The van der Waals surface area contributed by atoms with Crippen molar-refractivity contribution >= 4 is 58.3 Å². The maximum absolute atomic E-state index is 13.5. The molecule has 33 heavy (non-hydrogen) atoms. The van der Waals surface area contributed by atoms with Crippen molar-refractivity contribution < 1.29 is 19.2 Å². The number of hydrogen-bond donors (Lipinski definition) is 0. The topological polar surface area (TPSA) is 74.8 Å². The molecule has 4 atom stereocenters. The molecular formula is C24H19Cl3N2O4. The van der Waals surface area contributed by atoms with Crippen LogP contribution in [0, 0.1) is 23.7 Å². The van der Waals surface area contributed by atoms with Gasteiger partial charge in [-0.05, 0) is 61.4 Å². The minimum absolute atomic E-state index is 0.0924. The number of nitrogens with zero attached hydrogens (tertiary/aromatic N) is 2. The van der Waals surface area contributed by atoms with Gasteiger partial charge in [-0.3, -0.25) is 19.2 Å². The molecule has 170 valence electrons. The van der Waals surface area contributed by atoms with Crippen LogP contribution in [-0.2, 0) is 9.59 Å². The molecule has 2 aromatic carbocycles. The van der Waals surface area contributed by atoms with Crippen molar-refractivity contribution in [1.29, 1.82) is 0 Å². The van der Waals surface area contributed by atoms with E-state index in [1.807, 2.05) is 0 Å². The Morgan fingerprint density at radius 3 is 2.12 bits per heavy atom. The van der Waals surface area contributed by atoms with Gasteiger partial charge < -0.3 is 0 Å². The van der Waals surface area contributed by atoms with Crippen molar-refractivity contribution in [2.45, 2.75) is 19.3 Å². The fourth-order valence-corrected chi connectivity index (χ4v) is 6.31. The third-order valence-electron chi connectivity index (χ3n) is 7.01. The molecule has 1 saturated heterocycles. The molecule has 5 rings (SSSR count). The molecule has 0 unspecified atom stereocenters. The van der Waals surface area contributed by atoms with Crippen LogP contribution in [0.25, 0.3) is 0 Å². The van der Waals surface area contributed by atoms with Gasteiger partial charge in [-0.15, -0.1) is 0 Å². The van der Waals surface area contributed by atoms with E-state index in [9.17, 15) is 19.2 Å². The van der Waals surface area contributed by atoms with Crippen molar-refractivity contribution in [3.05, 3.63) is 68.7 Å². The summed E-state index contributed by atoms with van der Waals surface area (Å²) in [5.74, 6) is -2.68. The van der Waals surface area contributed by atoms with Crippen LogP contribution < -0.4 is 0 Å². The van der Waals surface area contributed by atoms with Gasteiger partial charge in [0.25, 0.3) is 17.7 Å². The predicted molar refractivity (Wildman–Crippen MR) is 123 cm³/mol. The van der Waals surface area contributed by atoms with E-state index < -0.39 is 41.9 Å². The number of ketones is 1. The molecule has 2 aromatic rings. The number of carbonyl (C=O) groups is 4. The molecule has 0 spiro atoms. The van der Waals surface area contributed by atoms with Crippen LogP contribution in [0.5, 0.6) is 0 Å². The van der Waals surface area contributed by atoms with E-state index in [0.29, 0.717) is 5.02 Å². The van der Waals surface area contributed by atoms with E-state index >= 15 is 0 Å². The Labute approximate surface area is 205 Å². The summed E-state index contributed by atoms with van der Waals surface area (Å²) < 4.78 is 0. The van der Waals surface area contributed by atoms with Gasteiger partial charge in [0, 0.05) is 10.6 Å². The maximum Gasteiger partial charge on any atom is 0.274 e. The van der Waals surface area contributed by atoms with E-state index in [4.69, 9.17) is 34.8 Å². The van der Waals surface area contributed by atoms with Gasteiger partial charge in [0.2, 0.25) is 0 Å². The number of imide groups is 1. The van der Waals surface area contributed by atoms with Crippen LogP contribution in [0.2, 0.25) is 15.1 Å². The molecule has 1 aliphatic heterocycles. The third kappa shape index (κ3) is 3.65. The van der Waals surface area contributed by atoms with Crippen molar-refractivity contribution in [3.8, 4) is 0 Å². The first-order chi connectivity index (χ1) is 15.8. The predicted octanol–water partition coefficient (Wildman–Crippen LogP) is 4.92. The molecule has 2 aliphatic carbocycles. The first-order valence-corrected chi connectivity index (χ1v) is 11.8. The lowest BCUT2D eigenvalue weighted by Gasteiger charge is -2.31. The van der Waals surface area contributed by atoms with E-state index in [1.165, 1.54) is 30.3 Å². The highest BCUT2D eigenvalue weighted by molar-refractivity contribution is 6.37. The first-order valence-electron chi connectivity index (χ1n) is 10.7. The number of rotatable bonds is 5. The highest BCUT2D eigenvalue weighted by Gasteiger charge is 2.62. The zero-order chi connectivity index (χ0) is 23.4. The average molecular weight is 506 g/mol. The van der Waals surface area contributed by atoms with Gasteiger partial charge in [-0.1, -0.05) is 46.9 Å². The van der Waals surface area contributed by atoms with Crippen LogP contribution in [0.1, 0.15) is 40.0 Å². The molecule has 0 radical (unpaired) electrons. The second-order valence-corrected chi connectivity index (χ2v) is 10.0. The highest BCUT2D eigenvalue weighted by Crippen LogP contribution is 2.56. The molecule has 9 heteroatoms. The number of amides is 3. The van der Waals surface area contributed by atoms with Gasteiger partial charge in [0.05, 0.1) is 27.4 Å². The molecule has 0 N–H and O–H groups in total. The van der Waals surface area contributed by atoms with Crippen molar-refractivity contribution in [3.63, 3.8) is 0 Å². The molecule has 3 fully saturated rings. The Balaban J connectivity index is 1.52. The van der Waals surface area contributed by atoms with E-state index in [2.05, 4.69) is 0 Å². The van der Waals surface area contributed by atoms with Gasteiger partial charge in [-0.25, -0.2) is 5.01 Å². The summed E-state index contributed by atoms with van der Waals surface area (Å²) >= 11 is 18.4. The number of Topliss-reactive ketones (excluding diaryl/α,β-unsaturated/α-hetero) is 1. The maximum atomic E-state index is 13.5. The second-order valence-electron chi connectivity index (χ2n) is 8.76. The molecule has 3 amide bonds. The Kier molecular flexibility index (Phi) is 5.71. The zero-order valence-electron chi connectivity index (χ0n) is 17.3. The first kappa shape index (κ1) is 22.4. The summed E-state index contributed by atoms with van der Waals surface area (Å²) in [5, 5.41) is 2.44. The molecule has 3 aliphatic rings. The summed E-state index contributed by atoms with van der Waals surface area (Å²) in [4.78, 5) is 53.5. The normalized spacial score (nSPS) is 25.5. The lowest BCUT2D eigenvalue weighted by Crippen LogP contribution is -2.52. The summed E-state index contributed by atoms with van der Waals surface area (Å²) in [6.07, 6.45) is 2.66. The van der Waals surface area contributed by atoms with E-state index in [-0.39, 0.29) is 33.0 Å². The average Bonchev–Trinajstić information content (AvgIpc) is 3.46. The quantitative estimate of drug-likeness (QED) is 0.427. The largest absolute Gasteiger partial charge is 0.292 e. The fourth-order valence-electron chi connectivity index (χ4n) is 5.57. The third-order valence-corrected chi connectivity index (χ3v) is 7.89. The number of fused-ring (bicyclic) bond motifs is 5. The van der Waals surface area contributed by atoms with Crippen LogP contribution >= 0.6 is 34.8 Å². The van der Waals surface area contributed by atoms with E-state index in [0.717, 1.165) is 29.3 Å². The monoisotopic (exact) mass is 504 g/mol. The summed E-state index contributed by atoms with van der Waals surface area (Å²) in [6, 6.07) is 10.7. The van der Waals surface area contributed by atoms with Crippen LogP contribution in [0.3, 0.4) is 0 Å². The summed E-state index contributed by atoms with van der Waals surface area (Å²) in [6.45, 7) is -0.544. The van der Waals surface area contributed by atoms with Gasteiger partial charge in [0.1, 0.15) is 6.54 Å². The standard InChI is InChI=1S/C24H19Cl3N2O4/c25-14-7-8-15(18(27)10-14)19(30)11-28(22(31)16-3-1-2-4-17(16)26)29-23(32)20-12-5-6-13(9-12)21(20)24(29)33/h1-4,7-8,10,12-13,20-21H,5-6,9,11H2/t12-,13-,20-,21-/m0/s1. The van der Waals surface area contributed by atoms with Crippen molar-refractivity contribution in [2.24, 2.45) is 23.7 Å². The van der Waals surface area contributed by atoms with Crippen LogP contribution in [0.15, 0.2) is 42.5 Å². The molecule has 2 bridgehead atoms. The smallest absolute Gasteiger partial charge is 0.274 e. The number of hydrogen-bond acceptors (Lipinski definition) is 4. The number of benzene rings is 2.